The lowest BCUT2D eigenvalue weighted by Crippen LogP contribution is -2.66. The lowest BCUT2D eigenvalue weighted by Gasteiger charge is -2.48. The molecule has 3 saturated heterocycles. The second kappa shape index (κ2) is 54.3. The second-order valence-electron chi connectivity index (χ2n) is 26.8. The van der Waals surface area contributed by atoms with E-state index >= 15 is 0 Å². The van der Waals surface area contributed by atoms with Gasteiger partial charge in [0.15, 0.2) is 18.9 Å². The highest BCUT2D eigenvalue weighted by atomic mass is 16.8. The van der Waals surface area contributed by atoms with Crippen LogP contribution in [0.5, 0.6) is 0 Å². The summed E-state index contributed by atoms with van der Waals surface area (Å²) in [6.07, 6.45) is 35.6. The van der Waals surface area contributed by atoms with Crippen LogP contribution < -0.4 is 5.32 Å². The molecule has 19 nitrogen and oxygen atoms in total. The van der Waals surface area contributed by atoms with Crippen molar-refractivity contribution < 1.29 is 89.4 Å². The highest BCUT2D eigenvalue weighted by Gasteiger charge is 2.53. The van der Waals surface area contributed by atoms with E-state index in [-0.39, 0.29) is 18.9 Å². The number of amides is 1. The Hall–Kier alpha value is -1.73. The lowest BCUT2D eigenvalue weighted by molar-refractivity contribution is -0.379. The van der Waals surface area contributed by atoms with Crippen molar-refractivity contribution in [2.75, 3.05) is 26.4 Å². The zero-order valence-electron chi connectivity index (χ0n) is 56.8. The molecule has 0 saturated carbocycles. The Morgan fingerprint density at radius 2 is 0.725 bits per heavy atom. The number of rotatable bonds is 58. The van der Waals surface area contributed by atoms with Crippen LogP contribution in [-0.2, 0) is 33.2 Å². The fraction of sp³-hybridized carbons (Fsp3) is 0.931. The van der Waals surface area contributed by atoms with Crippen LogP contribution in [0.2, 0.25) is 0 Å². The first kappa shape index (κ1) is 83.5. The third-order valence-corrected chi connectivity index (χ3v) is 18.8. The lowest BCUT2D eigenvalue weighted by atomic mass is 9.96. The molecule has 3 fully saturated rings. The molecular formula is C72H135NO18. The number of aliphatic hydroxyl groups excluding tert-OH is 11. The third-order valence-electron chi connectivity index (χ3n) is 18.8. The van der Waals surface area contributed by atoms with Crippen LogP contribution in [0.1, 0.15) is 296 Å². The van der Waals surface area contributed by atoms with Crippen molar-refractivity contribution in [3.63, 3.8) is 0 Å². The number of hydrogen-bond acceptors (Lipinski definition) is 18. The SMILES string of the molecule is CCCCC/C=C\C/C=C\CCCCCCCC(=O)NC(COC1OC(CO)C(OC2OC(CO)C(OC3OC(CO)C(O)C(O)C3O)C(O)C2O)C(O)C1O)C(O)CCCCCCCCCCCCCCCCCCCCCCCCCCCCCCCCC. The van der Waals surface area contributed by atoms with Gasteiger partial charge in [-0.05, 0) is 44.9 Å². The molecule has 0 spiro atoms. The molecule has 19 heteroatoms. The molecule has 3 aliphatic rings. The number of carbonyl (C=O) groups excluding carboxylic acids is 1. The number of hydrogen-bond donors (Lipinski definition) is 12. The minimum atomic E-state index is -1.97. The molecular weight excluding hydrogens is 1170 g/mol. The standard InChI is InChI=1S/C72H135NO18/c1-3-5-7-9-11-13-15-17-19-20-21-22-23-24-25-26-27-28-29-30-31-32-33-34-36-37-39-41-43-45-47-49-56(77)55(73-60(78)50-48-46-44-42-40-38-35-18-16-14-12-10-8-6-4-2)54-86-70-66(84)63(81)68(58(52-75)88-70)91-72-67(85)64(82)69(59(53-76)89-72)90-71-65(83)62(80)61(79)57(51-74)87-71/h12,14,18,35,55-59,61-72,74-77,79-85H,3-11,13,15-17,19-34,36-54H2,1-2H3,(H,73,78)/b14-12-,35-18-. The van der Waals surface area contributed by atoms with Crippen molar-refractivity contribution in [1.29, 1.82) is 0 Å². The summed E-state index contributed by atoms with van der Waals surface area (Å²) in [6, 6.07) is -0.894. The van der Waals surface area contributed by atoms with E-state index in [1.54, 1.807) is 0 Å². The smallest absolute Gasteiger partial charge is 0.220 e. The fourth-order valence-corrected chi connectivity index (χ4v) is 12.8. The van der Waals surface area contributed by atoms with Gasteiger partial charge in [0.2, 0.25) is 5.91 Å². The van der Waals surface area contributed by atoms with Gasteiger partial charge in [0.1, 0.15) is 73.2 Å². The first-order chi connectivity index (χ1) is 44.3. The quantitative estimate of drug-likeness (QED) is 0.0199. The summed E-state index contributed by atoms with van der Waals surface area (Å²) in [7, 11) is 0. The summed E-state index contributed by atoms with van der Waals surface area (Å²) in [5.74, 6) is -0.253. The Morgan fingerprint density at radius 3 is 1.14 bits per heavy atom. The molecule has 3 heterocycles. The minimum Gasteiger partial charge on any atom is -0.394 e. The largest absolute Gasteiger partial charge is 0.394 e. The van der Waals surface area contributed by atoms with Crippen LogP contribution in [0.4, 0.5) is 0 Å². The van der Waals surface area contributed by atoms with Crippen molar-refractivity contribution in [3.8, 4) is 0 Å². The molecule has 12 N–H and O–H groups in total. The van der Waals surface area contributed by atoms with E-state index in [0.717, 1.165) is 70.6 Å². The summed E-state index contributed by atoms with van der Waals surface area (Å²) in [6.45, 7) is 1.79. The van der Waals surface area contributed by atoms with Crippen LogP contribution in [0, 0.1) is 0 Å². The third kappa shape index (κ3) is 35.9. The molecule has 1 amide bonds. The van der Waals surface area contributed by atoms with Gasteiger partial charge in [-0.15, -0.1) is 0 Å². The van der Waals surface area contributed by atoms with E-state index in [2.05, 4.69) is 43.5 Å². The van der Waals surface area contributed by atoms with Crippen molar-refractivity contribution in [2.24, 2.45) is 0 Å². The number of allylic oxidation sites excluding steroid dienone is 4. The van der Waals surface area contributed by atoms with Gasteiger partial charge in [-0.25, -0.2) is 0 Å². The maximum atomic E-state index is 13.4. The summed E-state index contributed by atoms with van der Waals surface area (Å²) >= 11 is 0. The molecule has 3 rings (SSSR count). The number of ether oxygens (including phenoxy) is 6. The molecule has 536 valence electrons. The monoisotopic (exact) mass is 1300 g/mol. The van der Waals surface area contributed by atoms with Crippen LogP contribution in [-0.4, -0.2) is 193 Å². The van der Waals surface area contributed by atoms with E-state index in [9.17, 15) is 61.0 Å². The van der Waals surface area contributed by atoms with Gasteiger partial charge in [0, 0.05) is 6.42 Å². The van der Waals surface area contributed by atoms with Crippen LogP contribution in [0.3, 0.4) is 0 Å². The Bertz CT molecular complexity index is 1750. The second-order valence-corrected chi connectivity index (χ2v) is 26.8. The Morgan fingerprint density at radius 1 is 0.396 bits per heavy atom. The average Bonchev–Trinajstić information content (AvgIpc) is 0.883. The molecule has 0 bridgehead atoms. The van der Waals surface area contributed by atoms with Gasteiger partial charge in [0.25, 0.3) is 0 Å². The predicted molar refractivity (Wildman–Crippen MR) is 356 cm³/mol. The van der Waals surface area contributed by atoms with E-state index < -0.39 is 124 Å². The summed E-state index contributed by atoms with van der Waals surface area (Å²) < 4.78 is 34.4. The first-order valence-corrected chi connectivity index (χ1v) is 37.1. The maximum absolute atomic E-state index is 13.4. The molecule has 91 heavy (non-hydrogen) atoms. The van der Waals surface area contributed by atoms with Gasteiger partial charge in [-0.3, -0.25) is 4.79 Å². The van der Waals surface area contributed by atoms with Gasteiger partial charge in [0.05, 0.1) is 38.6 Å². The molecule has 0 aliphatic carbocycles. The summed E-state index contributed by atoms with van der Waals surface area (Å²) in [5, 5.41) is 121. The molecule has 0 radical (unpaired) electrons. The average molecular weight is 1300 g/mol. The molecule has 17 atom stereocenters. The zero-order chi connectivity index (χ0) is 66.1. The Kier molecular flexibility index (Phi) is 49.8. The van der Waals surface area contributed by atoms with Crippen LogP contribution in [0.25, 0.3) is 0 Å². The number of aliphatic hydroxyl groups is 11. The molecule has 0 aromatic heterocycles. The molecule has 17 unspecified atom stereocenters. The van der Waals surface area contributed by atoms with Gasteiger partial charge >= 0.3 is 0 Å². The summed E-state index contributed by atoms with van der Waals surface area (Å²) in [5.41, 5.74) is 0. The van der Waals surface area contributed by atoms with Gasteiger partial charge in [-0.1, -0.05) is 269 Å². The Labute approximate surface area is 549 Å². The molecule has 3 aliphatic heterocycles. The fourth-order valence-electron chi connectivity index (χ4n) is 12.8. The van der Waals surface area contributed by atoms with E-state index in [4.69, 9.17) is 28.4 Å². The highest BCUT2D eigenvalue weighted by molar-refractivity contribution is 5.76. The zero-order valence-corrected chi connectivity index (χ0v) is 56.8. The van der Waals surface area contributed by atoms with Crippen LogP contribution >= 0.6 is 0 Å². The van der Waals surface area contributed by atoms with E-state index in [1.165, 1.54) is 193 Å². The van der Waals surface area contributed by atoms with E-state index in [1.807, 2.05) is 0 Å². The maximum Gasteiger partial charge on any atom is 0.220 e. The minimum absolute atomic E-state index is 0.252. The van der Waals surface area contributed by atoms with Crippen LogP contribution in [0.15, 0.2) is 24.3 Å². The molecule has 0 aromatic carbocycles. The molecule has 0 aromatic rings. The summed E-state index contributed by atoms with van der Waals surface area (Å²) in [4.78, 5) is 13.4. The highest BCUT2D eigenvalue weighted by Crippen LogP contribution is 2.33. The number of nitrogens with one attached hydrogen (secondary N) is 1. The van der Waals surface area contributed by atoms with Crippen molar-refractivity contribution in [3.05, 3.63) is 24.3 Å². The van der Waals surface area contributed by atoms with Crippen molar-refractivity contribution in [1.82, 2.24) is 5.32 Å². The number of unbranched alkanes of at least 4 members (excludes halogenated alkanes) is 38. The predicted octanol–water partition coefficient (Wildman–Crippen LogP) is 10.6. The topological polar surface area (TPSA) is 307 Å². The Balaban J connectivity index is 1.37. The van der Waals surface area contributed by atoms with Crippen molar-refractivity contribution >= 4 is 5.91 Å². The first-order valence-electron chi connectivity index (χ1n) is 37.1. The van der Waals surface area contributed by atoms with Gasteiger partial charge in [-0.2, -0.15) is 0 Å². The normalized spacial score (nSPS) is 27.9. The number of carbonyl (C=O) groups is 1. The van der Waals surface area contributed by atoms with E-state index in [0.29, 0.717) is 12.8 Å². The van der Waals surface area contributed by atoms with Crippen molar-refractivity contribution in [2.45, 2.75) is 401 Å². The van der Waals surface area contributed by atoms with Gasteiger partial charge < -0.3 is 89.9 Å².